The zero-order valence-corrected chi connectivity index (χ0v) is 14.0. The summed E-state index contributed by atoms with van der Waals surface area (Å²) in [4.78, 5) is 20.5. The van der Waals surface area contributed by atoms with Crippen LogP contribution in [-0.4, -0.2) is 48.3 Å². The predicted molar refractivity (Wildman–Crippen MR) is 93.8 cm³/mol. The van der Waals surface area contributed by atoms with Gasteiger partial charge in [0.2, 0.25) is 0 Å². The monoisotopic (exact) mass is 342 g/mol. The Kier molecular flexibility index (Phi) is 6.17. The van der Waals surface area contributed by atoms with Crippen molar-refractivity contribution in [3.8, 4) is 5.75 Å². The van der Waals surface area contributed by atoms with Crippen LogP contribution in [0.3, 0.4) is 0 Å². The molecule has 1 atom stereocenters. The van der Waals surface area contributed by atoms with E-state index in [9.17, 15) is 4.79 Å². The van der Waals surface area contributed by atoms with Gasteiger partial charge in [-0.05, 0) is 25.0 Å². The third kappa shape index (κ3) is 5.15. The van der Waals surface area contributed by atoms with Crippen LogP contribution in [0.5, 0.6) is 5.75 Å². The Bertz CT molecular complexity index is 675. The summed E-state index contributed by atoms with van der Waals surface area (Å²) in [6, 6.07) is 7.25. The van der Waals surface area contributed by atoms with Gasteiger partial charge >= 0.3 is 0 Å². The fourth-order valence-electron chi connectivity index (χ4n) is 2.59. The summed E-state index contributed by atoms with van der Waals surface area (Å²) >= 11 is 0. The summed E-state index contributed by atoms with van der Waals surface area (Å²) in [5.41, 5.74) is 0.528. The molecule has 3 rings (SSSR count). The number of rotatable bonds is 8. The molecule has 132 valence electrons. The van der Waals surface area contributed by atoms with E-state index in [-0.39, 0.29) is 12.0 Å². The van der Waals surface area contributed by atoms with Gasteiger partial charge in [-0.1, -0.05) is 12.1 Å². The molecule has 0 bridgehead atoms. The van der Waals surface area contributed by atoms with Crippen LogP contribution in [0.2, 0.25) is 0 Å². The number of aromatic nitrogens is 2. The van der Waals surface area contributed by atoms with Crippen LogP contribution >= 0.6 is 0 Å². The summed E-state index contributed by atoms with van der Waals surface area (Å²) in [6.45, 7) is 2.28. The molecule has 0 spiro atoms. The molecule has 1 aromatic heterocycles. The number of ether oxygens (including phenoxy) is 2. The van der Waals surface area contributed by atoms with Crippen LogP contribution in [-0.2, 0) is 4.74 Å². The zero-order chi connectivity index (χ0) is 17.3. The highest BCUT2D eigenvalue weighted by Gasteiger charge is 2.18. The Balaban J connectivity index is 1.47. The second kappa shape index (κ2) is 8.98. The van der Waals surface area contributed by atoms with Crippen LogP contribution in [0.15, 0.2) is 42.9 Å². The molecule has 1 saturated heterocycles. The number of carbonyl (C=O) groups is 1. The minimum Gasteiger partial charge on any atom is -0.490 e. The highest BCUT2D eigenvalue weighted by molar-refractivity contribution is 5.96. The van der Waals surface area contributed by atoms with Gasteiger partial charge in [-0.25, -0.2) is 4.98 Å². The summed E-state index contributed by atoms with van der Waals surface area (Å²) < 4.78 is 11.3. The van der Waals surface area contributed by atoms with Crippen molar-refractivity contribution in [1.29, 1.82) is 0 Å². The second-order valence-electron chi connectivity index (χ2n) is 5.72. The van der Waals surface area contributed by atoms with Crippen LogP contribution in [0.4, 0.5) is 5.82 Å². The summed E-state index contributed by atoms with van der Waals surface area (Å²) in [5, 5.41) is 5.97. The minimum absolute atomic E-state index is 0.118. The number of benzene rings is 1. The molecule has 2 heterocycles. The summed E-state index contributed by atoms with van der Waals surface area (Å²) in [6.07, 6.45) is 7.04. The summed E-state index contributed by atoms with van der Waals surface area (Å²) in [5.74, 6) is 1.10. The minimum atomic E-state index is -0.163. The Labute approximate surface area is 146 Å². The van der Waals surface area contributed by atoms with Crippen molar-refractivity contribution in [2.45, 2.75) is 18.9 Å². The molecule has 1 aliphatic heterocycles. The van der Waals surface area contributed by atoms with E-state index in [2.05, 4.69) is 20.6 Å². The molecular weight excluding hydrogens is 320 g/mol. The Morgan fingerprint density at radius 3 is 3.00 bits per heavy atom. The van der Waals surface area contributed by atoms with Crippen molar-refractivity contribution in [3.05, 3.63) is 48.4 Å². The van der Waals surface area contributed by atoms with Crippen molar-refractivity contribution in [2.24, 2.45) is 0 Å². The first-order valence-corrected chi connectivity index (χ1v) is 8.44. The molecule has 2 N–H and O–H groups in total. The van der Waals surface area contributed by atoms with Gasteiger partial charge in [0.05, 0.1) is 17.9 Å². The van der Waals surface area contributed by atoms with Gasteiger partial charge in [-0.2, -0.15) is 0 Å². The maximum atomic E-state index is 12.4. The highest BCUT2D eigenvalue weighted by atomic mass is 16.5. The maximum absolute atomic E-state index is 12.4. The molecule has 1 aliphatic rings. The Hall–Kier alpha value is -2.67. The molecule has 1 aromatic carbocycles. The predicted octanol–water partition coefficient (Wildman–Crippen LogP) is 1.88. The van der Waals surface area contributed by atoms with E-state index in [4.69, 9.17) is 9.47 Å². The molecular formula is C18H22N4O3. The molecule has 1 amide bonds. The first-order chi connectivity index (χ1) is 12.3. The number of para-hydroxylation sites is 1. The van der Waals surface area contributed by atoms with E-state index in [1.807, 2.05) is 18.2 Å². The Morgan fingerprint density at radius 1 is 1.28 bits per heavy atom. The maximum Gasteiger partial charge on any atom is 0.255 e. The smallest absolute Gasteiger partial charge is 0.255 e. The van der Waals surface area contributed by atoms with Gasteiger partial charge in [0.1, 0.15) is 18.2 Å². The average Bonchev–Trinajstić information content (AvgIpc) is 3.18. The number of amides is 1. The van der Waals surface area contributed by atoms with Gasteiger partial charge in [0.25, 0.3) is 5.91 Å². The molecule has 0 saturated carbocycles. The second-order valence-corrected chi connectivity index (χ2v) is 5.72. The first kappa shape index (κ1) is 17.2. The lowest BCUT2D eigenvalue weighted by Crippen LogP contribution is -2.29. The van der Waals surface area contributed by atoms with E-state index in [1.54, 1.807) is 24.7 Å². The van der Waals surface area contributed by atoms with E-state index in [0.29, 0.717) is 36.8 Å². The third-order valence-corrected chi connectivity index (χ3v) is 3.86. The van der Waals surface area contributed by atoms with E-state index in [0.717, 1.165) is 19.4 Å². The molecule has 0 unspecified atom stereocenters. The van der Waals surface area contributed by atoms with Crippen molar-refractivity contribution in [2.75, 3.05) is 31.6 Å². The molecule has 7 nitrogen and oxygen atoms in total. The van der Waals surface area contributed by atoms with Crippen LogP contribution in [0.25, 0.3) is 0 Å². The lowest BCUT2D eigenvalue weighted by molar-refractivity contribution is 0.0670. The van der Waals surface area contributed by atoms with E-state index < -0.39 is 0 Å². The fourth-order valence-corrected chi connectivity index (χ4v) is 2.59. The number of nitrogens with one attached hydrogen (secondary N) is 2. The van der Waals surface area contributed by atoms with Gasteiger partial charge in [0, 0.05) is 32.1 Å². The third-order valence-electron chi connectivity index (χ3n) is 3.86. The summed E-state index contributed by atoms with van der Waals surface area (Å²) in [7, 11) is 0. The quantitative estimate of drug-likeness (QED) is 0.713. The zero-order valence-electron chi connectivity index (χ0n) is 14.0. The van der Waals surface area contributed by atoms with E-state index >= 15 is 0 Å². The van der Waals surface area contributed by atoms with Gasteiger partial charge in [-0.15, -0.1) is 0 Å². The van der Waals surface area contributed by atoms with Crippen LogP contribution < -0.4 is 15.4 Å². The van der Waals surface area contributed by atoms with Crippen molar-refractivity contribution >= 4 is 11.7 Å². The van der Waals surface area contributed by atoms with Crippen molar-refractivity contribution in [3.63, 3.8) is 0 Å². The van der Waals surface area contributed by atoms with E-state index in [1.165, 1.54) is 0 Å². The molecule has 25 heavy (non-hydrogen) atoms. The van der Waals surface area contributed by atoms with Crippen LogP contribution in [0, 0.1) is 0 Å². The lowest BCUT2D eigenvalue weighted by atomic mass is 10.2. The molecule has 2 aromatic rings. The number of nitrogens with zero attached hydrogens (tertiary/aromatic N) is 2. The Morgan fingerprint density at radius 2 is 2.20 bits per heavy atom. The molecule has 1 fully saturated rings. The van der Waals surface area contributed by atoms with Gasteiger partial charge in [-0.3, -0.25) is 9.78 Å². The standard InChI is InChI=1S/C18H22N4O3/c23-18(22-10-9-21-17-12-19-7-8-20-17)15-5-1-2-6-16(15)25-13-14-4-3-11-24-14/h1-2,5-8,12,14H,3-4,9-11,13H2,(H,20,21)(H,22,23)/t14-/m1/s1. The SMILES string of the molecule is O=C(NCCNc1cnccn1)c1ccccc1OC[C@H]1CCCO1. The van der Waals surface area contributed by atoms with Gasteiger partial charge < -0.3 is 20.1 Å². The average molecular weight is 342 g/mol. The number of hydrogen-bond acceptors (Lipinski definition) is 6. The number of hydrogen-bond donors (Lipinski definition) is 2. The molecule has 0 radical (unpaired) electrons. The van der Waals surface area contributed by atoms with Crippen molar-refractivity contribution < 1.29 is 14.3 Å². The first-order valence-electron chi connectivity index (χ1n) is 8.44. The lowest BCUT2D eigenvalue weighted by Gasteiger charge is -2.14. The topological polar surface area (TPSA) is 85.4 Å². The number of carbonyl (C=O) groups excluding carboxylic acids is 1. The molecule has 7 heteroatoms. The van der Waals surface area contributed by atoms with Crippen LogP contribution in [0.1, 0.15) is 23.2 Å². The molecule has 0 aliphatic carbocycles. The number of anilines is 1. The van der Waals surface area contributed by atoms with Crippen molar-refractivity contribution in [1.82, 2.24) is 15.3 Å². The van der Waals surface area contributed by atoms with Gasteiger partial charge in [0.15, 0.2) is 0 Å². The fraction of sp³-hybridized carbons (Fsp3) is 0.389. The highest BCUT2D eigenvalue weighted by Crippen LogP contribution is 2.20. The largest absolute Gasteiger partial charge is 0.490 e. The normalized spacial score (nSPS) is 16.4.